The van der Waals surface area contributed by atoms with Gasteiger partial charge in [-0.25, -0.2) is 0 Å². The van der Waals surface area contributed by atoms with Gasteiger partial charge in [0.25, 0.3) is 0 Å². The molecule has 0 aliphatic carbocycles. The number of nitrogens with zero attached hydrogens (tertiary/aromatic N) is 1. The van der Waals surface area contributed by atoms with E-state index in [1.165, 1.54) is 0 Å². The molecular formula is C12H18N2O. The minimum atomic E-state index is 0.400. The number of ether oxygens (including phenoxy) is 1. The zero-order valence-corrected chi connectivity index (χ0v) is 9.31. The molecule has 0 fully saturated rings. The van der Waals surface area contributed by atoms with E-state index in [1.807, 2.05) is 30.3 Å². The summed E-state index contributed by atoms with van der Waals surface area (Å²) < 4.78 is 5.03. The van der Waals surface area contributed by atoms with Crippen LogP contribution in [0.1, 0.15) is 12.5 Å². The van der Waals surface area contributed by atoms with E-state index in [0.29, 0.717) is 24.9 Å². The van der Waals surface area contributed by atoms with Crippen LogP contribution < -0.4 is 5.73 Å². The van der Waals surface area contributed by atoms with Gasteiger partial charge in [-0.05, 0) is 5.92 Å². The smallest absolute Gasteiger partial charge is 0.125 e. The highest BCUT2D eigenvalue weighted by Crippen LogP contribution is 2.00. The van der Waals surface area contributed by atoms with Crippen LogP contribution in [-0.2, 0) is 4.74 Å². The lowest BCUT2D eigenvalue weighted by Gasteiger charge is -2.07. The Morgan fingerprint density at radius 2 is 2.07 bits per heavy atom. The third kappa shape index (κ3) is 4.13. The Hall–Kier alpha value is -1.35. The summed E-state index contributed by atoms with van der Waals surface area (Å²) in [5.41, 5.74) is 6.82. The molecule has 3 heteroatoms. The first kappa shape index (κ1) is 11.7. The molecular weight excluding hydrogens is 188 g/mol. The molecule has 0 spiro atoms. The Balaban J connectivity index is 2.53. The molecule has 3 nitrogen and oxygen atoms in total. The van der Waals surface area contributed by atoms with Crippen molar-refractivity contribution in [3.05, 3.63) is 35.9 Å². The van der Waals surface area contributed by atoms with E-state index in [2.05, 4.69) is 11.9 Å². The van der Waals surface area contributed by atoms with Crippen molar-refractivity contribution in [2.45, 2.75) is 6.92 Å². The standard InChI is InChI=1S/C12H18N2O/c1-10(9-15-2)8-14-12(13)11-6-4-3-5-7-11/h3-7,10H,8-9H2,1-2H3,(H2,13,14). The van der Waals surface area contributed by atoms with Gasteiger partial charge >= 0.3 is 0 Å². The summed E-state index contributed by atoms with van der Waals surface area (Å²) in [5, 5.41) is 0. The predicted octanol–water partition coefficient (Wildman–Crippen LogP) is 1.67. The molecule has 0 bridgehead atoms. The Labute approximate surface area is 91.0 Å². The van der Waals surface area contributed by atoms with Gasteiger partial charge in [-0.3, -0.25) is 4.99 Å². The van der Waals surface area contributed by atoms with Gasteiger partial charge in [-0.15, -0.1) is 0 Å². The van der Waals surface area contributed by atoms with Gasteiger partial charge in [0.1, 0.15) is 5.84 Å². The summed E-state index contributed by atoms with van der Waals surface area (Å²) in [6, 6.07) is 9.79. The van der Waals surface area contributed by atoms with E-state index < -0.39 is 0 Å². The molecule has 0 aliphatic heterocycles. The van der Waals surface area contributed by atoms with Crippen LogP contribution in [0.5, 0.6) is 0 Å². The fourth-order valence-corrected chi connectivity index (χ4v) is 1.29. The molecule has 0 saturated carbocycles. The van der Waals surface area contributed by atoms with Crippen LogP contribution >= 0.6 is 0 Å². The number of hydrogen-bond donors (Lipinski definition) is 1. The summed E-state index contributed by atoms with van der Waals surface area (Å²) >= 11 is 0. The minimum Gasteiger partial charge on any atom is -0.384 e. The maximum Gasteiger partial charge on any atom is 0.125 e. The fourth-order valence-electron chi connectivity index (χ4n) is 1.29. The van der Waals surface area contributed by atoms with Gasteiger partial charge in [0, 0.05) is 19.2 Å². The largest absolute Gasteiger partial charge is 0.384 e. The van der Waals surface area contributed by atoms with Crippen molar-refractivity contribution >= 4 is 5.84 Å². The fraction of sp³-hybridized carbons (Fsp3) is 0.417. The van der Waals surface area contributed by atoms with Crippen LogP contribution in [0, 0.1) is 5.92 Å². The van der Waals surface area contributed by atoms with Gasteiger partial charge in [0.2, 0.25) is 0 Å². The minimum absolute atomic E-state index is 0.400. The Kier molecular flexibility index (Phi) is 4.84. The number of nitrogens with two attached hydrogens (primary N) is 1. The van der Waals surface area contributed by atoms with Crippen LogP contribution in [0.25, 0.3) is 0 Å². The van der Waals surface area contributed by atoms with Crippen molar-refractivity contribution in [1.29, 1.82) is 0 Å². The second-order valence-electron chi connectivity index (χ2n) is 3.65. The van der Waals surface area contributed by atoms with E-state index in [0.717, 1.165) is 5.56 Å². The molecule has 0 aliphatic rings. The Morgan fingerprint density at radius 1 is 1.40 bits per heavy atom. The van der Waals surface area contributed by atoms with Crippen molar-refractivity contribution < 1.29 is 4.74 Å². The molecule has 1 aromatic rings. The highest BCUT2D eigenvalue weighted by atomic mass is 16.5. The van der Waals surface area contributed by atoms with E-state index in [1.54, 1.807) is 7.11 Å². The lowest BCUT2D eigenvalue weighted by Crippen LogP contribution is -2.16. The maximum atomic E-state index is 5.85. The number of amidine groups is 1. The van der Waals surface area contributed by atoms with Crippen LogP contribution in [0.2, 0.25) is 0 Å². The van der Waals surface area contributed by atoms with Crippen LogP contribution in [0.15, 0.2) is 35.3 Å². The zero-order valence-electron chi connectivity index (χ0n) is 9.31. The summed E-state index contributed by atoms with van der Waals surface area (Å²) in [5.74, 6) is 0.996. The van der Waals surface area contributed by atoms with Crippen LogP contribution in [0.3, 0.4) is 0 Å². The van der Waals surface area contributed by atoms with E-state index in [4.69, 9.17) is 10.5 Å². The lowest BCUT2D eigenvalue weighted by molar-refractivity contribution is 0.163. The summed E-state index contributed by atoms with van der Waals surface area (Å²) in [6.07, 6.45) is 0. The third-order valence-electron chi connectivity index (χ3n) is 2.09. The summed E-state index contributed by atoms with van der Waals surface area (Å²) in [7, 11) is 1.70. The Morgan fingerprint density at radius 3 is 2.67 bits per heavy atom. The molecule has 2 N–H and O–H groups in total. The van der Waals surface area contributed by atoms with Crippen molar-refractivity contribution in [1.82, 2.24) is 0 Å². The Bertz CT molecular complexity index is 309. The normalized spacial score (nSPS) is 13.9. The topological polar surface area (TPSA) is 47.6 Å². The molecule has 1 rings (SSSR count). The lowest BCUT2D eigenvalue weighted by atomic mass is 10.2. The molecule has 0 amide bonds. The van der Waals surface area contributed by atoms with Crippen molar-refractivity contribution in [2.75, 3.05) is 20.3 Å². The molecule has 15 heavy (non-hydrogen) atoms. The van der Waals surface area contributed by atoms with E-state index >= 15 is 0 Å². The first-order valence-corrected chi connectivity index (χ1v) is 5.08. The number of aliphatic imine (C=N–C) groups is 1. The quantitative estimate of drug-likeness (QED) is 0.588. The van der Waals surface area contributed by atoms with Gasteiger partial charge in [0.05, 0.1) is 6.61 Å². The zero-order chi connectivity index (χ0) is 11.1. The molecule has 0 radical (unpaired) electrons. The highest BCUT2D eigenvalue weighted by Gasteiger charge is 2.01. The van der Waals surface area contributed by atoms with Crippen LogP contribution in [-0.4, -0.2) is 26.1 Å². The number of rotatable bonds is 5. The van der Waals surface area contributed by atoms with Gasteiger partial charge in [-0.1, -0.05) is 37.3 Å². The van der Waals surface area contributed by atoms with Gasteiger partial charge in [0.15, 0.2) is 0 Å². The highest BCUT2D eigenvalue weighted by molar-refractivity contribution is 5.97. The molecule has 1 unspecified atom stereocenters. The molecule has 0 heterocycles. The summed E-state index contributed by atoms with van der Waals surface area (Å²) in [4.78, 5) is 4.33. The average Bonchev–Trinajstić information content (AvgIpc) is 2.27. The third-order valence-corrected chi connectivity index (χ3v) is 2.09. The number of benzene rings is 1. The molecule has 1 aromatic carbocycles. The first-order chi connectivity index (χ1) is 7.24. The van der Waals surface area contributed by atoms with Crippen molar-refractivity contribution in [3.63, 3.8) is 0 Å². The molecule has 1 atom stereocenters. The maximum absolute atomic E-state index is 5.85. The van der Waals surface area contributed by atoms with Crippen molar-refractivity contribution in [3.8, 4) is 0 Å². The SMILES string of the molecule is COCC(C)CN=C(N)c1ccccc1. The van der Waals surface area contributed by atoms with Crippen molar-refractivity contribution in [2.24, 2.45) is 16.6 Å². The van der Waals surface area contributed by atoms with Gasteiger partial charge in [-0.2, -0.15) is 0 Å². The van der Waals surface area contributed by atoms with E-state index in [9.17, 15) is 0 Å². The van der Waals surface area contributed by atoms with Crippen LogP contribution in [0.4, 0.5) is 0 Å². The van der Waals surface area contributed by atoms with E-state index in [-0.39, 0.29) is 0 Å². The molecule has 82 valence electrons. The number of methoxy groups -OCH3 is 1. The first-order valence-electron chi connectivity index (χ1n) is 5.08. The second kappa shape index (κ2) is 6.19. The average molecular weight is 206 g/mol. The van der Waals surface area contributed by atoms with Gasteiger partial charge < -0.3 is 10.5 Å². The molecule has 0 saturated heterocycles. The monoisotopic (exact) mass is 206 g/mol. The summed E-state index contributed by atoms with van der Waals surface area (Å²) in [6.45, 7) is 3.51. The predicted molar refractivity (Wildman–Crippen MR) is 63.1 cm³/mol. The molecule has 0 aromatic heterocycles. The second-order valence-corrected chi connectivity index (χ2v) is 3.65. The number of hydrogen-bond acceptors (Lipinski definition) is 2.